The fraction of sp³-hybridized carbons (Fsp3) is 0.417. The quantitative estimate of drug-likeness (QED) is 0.531. The van der Waals surface area contributed by atoms with Gasteiger partial charge in [0.15, 0.2) is 5.78 Å². The van der Waals surface area contributed by atoms with Crippen molar-refractivity contribution in [3.8, 4) is 0 Å². The Labute approximate surface area is 143 Å². The minimum absolute atomic E-state index is 0.0640. The van der Waals surface area contributed by atoms with E-state index in [2.05, 4.69) is 42.2 Å². The van der Waals surface area contributed by atoms with Gasteiger partial charge in [0.05, 0.1) is 9.78 Å². The first-order valence-electron chi connectivity index (χ1n) is 5.78. The summed E-state index contributed by atoms with van der Waals surface area (Å²) in [4.78, 5) is 27.8. The van der Waals surface area contributed by atoms with E-state index in [1.807, 2.05) is 6.92 Å². The second-order valence-electron chi connectivity index (χ2n) is 4.00. The monoisotopic (exact) mass is 444 g/mol. The number of rotatable bonds is 6. The average molecular weight is 447 g/mol. The van der Waals surface area contributed by atoms with Crippen LogP contribution in [0.5, 0.6) is 0 Å². The van der Waals surface area contributed by atoms with Crippen molar-refractivity contribution < 1.29 is 9.59 Å². The molecule has 1 aromatic rings. The van der Waals surface area contributed by atoms with E-state index in [1.54, 1.807) is 0 Å². The van der Waals surface area contributed by atoms with Gasteiger partial charge in [-0.1, -0.05) is 62.0 Å². The molecule has 1 unspecified atom stereocenters. The molecule has 1 amide bonds. The molecule has 1 heterocycles. The molecule has 1 atom stereocenters. The van der Waals surface area contributed by atoms with Crippen LogP contribution in [0.15, 0.2) is 12.1 Å². The molecule has 1 N–H and O–H groups in total. The van der Waals surface area contributed by atoms with Crippen molar-refractivity contribution in [2.24, 2.45) is 0 Å². The Kier molecular flexibility index (Phi) is 7.43. The number of amides is 1. The molecule has 0 spiro atoms. The van der Waals surface area contributed by atoms with Crippen molar-refractivity contribution >= 4 is 66.8 Å². The van der Waals surface area contributed by atoms with Crippen molar-refractivity contribution in [1.82, 2.24) is 10.3 Å². The number of Topliss-reactive ketones (excluding diaryl/α,β-unsaturated/α-hetero) is 1. The van der Waals surface area contributed by atoms with Gasteiger partial charge in [0.25, 0.3) is 5.91 Å². The van der Waals surface area contributed by atoms with Crippen molar-refractivity contribution in [2.45, 2.75) is 29.5 Å². The maximum Gasteiger partial charge on any atom is 0.252 e. The van der Waals surface area contributed by atoms with Crippen LogP contribution in [0.25, 0.3) is 0 Å². The minimum Gasteiger partial charge on any atom is -0.342 e. The number of nitrogens with zero attached hydrogens (tertiary/aromatic N) is 1. The molecule has 8 heteroatoms. The van der Waals surface area contributed by atoms with Crippen molar-refractivity contribution in [3.05, 3.63) is 28.0 Å². The predicted molar refractivity (Wildman–Crippen MR) is 87.1 cm³/mol. The fourth-order valence-electron chi connectivity index (χ4n) is 1.54. The molecular weight excluding hydrogens is 435 g/mol. The molecule has 0 saturated carbocycles. The summed E-state index contributed by atoms with van der Waals surface area (Å²) in [6.45, 7) is 1.83. The summed E-state index contributed by atoms with van der Waals surface area (Å²) >= 11 is 18.0. The third kappa shape index (κ3) is 5.68. The molecule has 20 heavy (non-hydrogen) atoms. The molecule has 0 saturated heterocycles. The third-order valence-corrected chi connectivity index (χ3v) is 3.52. The van der Waals surface area contributed by atoms with Gasteiger partial charge >= 0.3 is 0 Å². The normalized spacial score (nSPS) is 12.3. The number of aromatic nitrogens is 1. The molecule has 0 aliphatic carbocycles. The van der Waals surface area contributed by atoms with Gasteiger partial charge in [-0.25, -0.2) is 4.98 Å². The van der Waals surface area contributed by atoms with E-state index in [0.29, 0.717) is 6.42 Å². The van der Waals surface area contributed by atoms with E-state index in [1.165, 1.54) is 12.1 Å². The number of halogens is 4. The highest BCUT2D eigenvalue weighted by Crippen LogP contribution is 2.17. The van der Waals surface area contributed by atoms with Gasteiger partial charge < -0.3 is 5.32 Å². The van der Waals surface area contributed by atoms with Crippen LogP contribution >= 0.6 is 55.1 Å². The van der Waals surface area contributed by atoms with E-state index in [4.69, 9.17) is 23.2 Å². The van der Waals surface area contributed by atoms with Gasteiger partial charge in [-0.2, -0.15) is 0 Å². The van der Waals surface area contributed by atoms with E-state index < -0.39 is 11.9 Å². The Morgan fingerprint density at radius 2 is 1.85 bits per heavy atom. The minimum atomic E-state index is -0.550. The summed E-state index contributed by atoms with van der Waals surface area (Å²) in [5, 5.41) is 2.92. The van der Waals surface area contributed by atoms with Gasteiger partial charge in [-0.3, -0.25) is 9.59 Å². The molecule has 0 aliphatic heterocycles. The maximum absolute atomic E-state index is 12.1. The largest absolute Gasteiger partial charge is 0.342 e. The third-order valence-electron chi connectivity index (χ3n) is 2.48. The molecule has 1 rings (SSSR count). The Hall–Kier alpha value is -0.170. The van der Waals surface area contributed by atoms with E-state index in [9.17, 15) is 9.59 Å². The van der Waals surface area contributed by atoms with E-state index >= 15 is 0 Å². The molecule has 0 aromatic carbocycles. The molecule has 4 nitrogen and oxygen atoms in total. The zero-order valence-corrected chi connectivity index (χ0v) is 15.2. The predicted octanol–water partition coefficient (Wildman–Crippen LogP) is 3.97. The first-order chi connectivity index (χ1) is 9.33. The van der Waals surface area contributed by atoms with Crippen LogP contribution in [0, 0.1) is 0 Å². The lowest BCUT2D eigenvalue weighted by molar-refractivity contribution is -0.120. The number of hydrogen-bond donors (Lipinski definition) is 1. The van der Waals surface area contributed by atoms with Gasteiger partial charge in [0.1, 0.15) is 10.3 Å². The Balaban J connectivity index is 2.79. The maximum atomic E-state index is 12.1. The van der Waals surface area contributed by atoms with Crippen LogP contribution in [0.1, 0.15) is 30.1 Å². The second-order valence-corrected chi connectivity index (χ2v) is 8.21. The van der Waals surface area contributed by atoms with Crippen molar-refractivity contribution in [3.63, 3.8) is 0 Å². The standard InChI is InChI=1S/C12H12Br2Cl2N2O2/c1-2-7(8(19)5-9(13)14)17-12(20)6-3-10(15)18-11(16)4-6/h3-4,7,9H,2,5H2,1H3,(H,17,20). The number of carbonyl (C=O) groups excluding carboxylic acids is 2. The Morgan fingerprint density at radius 1 is 1.30 bits per heavy atom. The van der Waals surface area contributed by atoms with Crippen LogP contribution in [0.2, 0.25) is 10.3 Å². The summed E-state index contributed by atoms with van der Waals surface area (Å²) < 4.78 is -0.113. The van der Waals surface area contributed by atoms with Crippen LogP contribution in [-0.4, -0.2) is 26.5 Å². The highest BCUT2D eigenvalue weighted by atomic mass is 79.9. The Bertz CT molecular complexity index is 492. The van der Waals surface area contributed by atoms with Crippen LogP contribution in [-0.2, 0) is 4.79 Å². The summed E-state index contributed by atoms with van der Waals surface area (Å²) in [5.41, 5.74) is 0.274. The SMILES string of the molecule is CCC(NC(=O)c1cc(Cl)nc(Cl)c1)C(=O)CC(Br)Br. The van der Waals surface area contributed by atoms with Crippen LogP contribution in [0.3, 0.4) is 0 Å². The summed E-state index contributed by atoms with van der Waals surface area (Å²) in [6, 6.07) is 2.25. The summed E-state index contributed by atoms with van der Waals surface area (Å²) in [5.74, 6) is -0.469. The number of hydrogen-bond acceptors (Lipinski definition) is 3. The van der Waals surface area contributed by atoms with E-state index in [0.717, 1.165) is 0 Å². The second kappa shape index (κ2) is 8.32. The topological polar surface area (TPSA) is 59.1 Å². The van der Waals surface area contributed by atoms with Gasteiger partial charge in [0, 0.05) is 12.0 Å². The fourth-order valence-corrected chi connectivity index (χ4v) is 2.64. The zero-order chi connectivity index (χ0) is 15.3. The molecule has 0 aliphatic rings. The van der Waals surface area contributed by atoms with Gasteiger partial charge in [-0.15, -0.1) is 0 Å². The first kappa shape index (κ1) is 17.9. The molecule has 1 aromatic heterocycles. The molecular formula is C12H12Br2Cl2N2O2. The lowest BCUT2D eigenvalue weighted by Gasteiger charge is -2.16. The smallest absolute Gasteiger partial charge is 0.252 e. The number of alkyl halides is 2. The Morgan fingerprint density at radius 3 is 2.30 bits per heavy atom. The van der Waals surface area contributed by atoms with Crippen LogP contribution in [0.4, 0.5) is 0 Å². The van der Waals surface area contributed by atoms with Gasteiger partial charge in [-0.05, 0) is 18.6 Å². The number of ketones is 1. The average Bonchev–Trinajstić information content (AvgIpc) is 2.33. The van der Waals surface area contributed by atoms with Crippen molar-refractivity contribution in [2.75, 3.05) is 0 Å². The molecule has 0 radical (unpaired) electrons. The van der Waals surface area contributed by atoms with Crippen molar-refractivity contribution in [1.29, 1.82) is 0 Å². The number of carbonyl (C=O) groups is 2. The number of pyridine rings is 1. The lowest BCUT2D eigenvalue weighted by atomic mass is 10.1. The highest BCUT2D eigenvalue weighted by molar-refractivity contribution is 9.24. The van der Waals surface area contributed by atoms with Crippen LogP contribution < -0.4 is 5.32 Å². The molecule has 0 fully saturated rings. The number of nitrogens with one attached hydrogen (secondary N) is 1. The van der Waals surface area contributed by atoms with Gasteiger partial charge in [0.2, 0.25) is 0 Å². The first-order valence-corrected chi connectivity index (χ1v) is 8.37. The summed E-state index contributed by atoms with van der Waals surface area (Å²) in [7, 11) is 0. The zero-order valence-electron chi connectivity index (χ0n) is 10.5. The molecule has 110 valence electrons. The lowest BCUT2D eigenvalue weighted by Crippen LogP contribution is -2.40. The molecule has 0 bridgehead atoms. The highest BCUT2D eigenvalue weighted by Gasteiger charge is 2.21. The summed E-state index contributed by atoms with van der Waals surface area (Å²) in [6.07, 6.45) is 0.778. The van der Waals surface area contributed by atoms with E-state index in [-0.39, 0.29) is 31.8 Å².